The molecule has 0 bridgehead atoms. The van der Waals surface area contributed by atoms with Crippen LogP contribution in [0.5, 0.6) is 0 Å². The van der Waals surface area contributed by atoms with E-state index in [1.807, 2.05) is 23.9 Å². The highest BCUT2D eigenvalue weighted by molar-refractivity contribution is 7.99. The molecule has 1 N–H and O–H groups in total. The Morgan fingerprint density at radius 2 is 2.18 bits per heavy atom. The van der Waals surface area contributed by atoms with Crippen molar-refractivity contribution >= 4 is 29.2 Å². The summed E-state index contributed by atoms with van der Waals surface area (Å²) in [6.45, 7) is 0. The molecule has 0 saturated carbocycles. The van der Waals surface area contributed by atoms with Gasteiger partial charge in [0.1, 0.15) is 0 Å². The highest BCUT2D eigenvalue weighted by Gasteiger charge is 2.16. The van der Waals surface area contributed by atoms with Gasteiger partial charge in [0, 0.05) is 22.4 Å². The summed E-state index contributed by atoms with van der Waals surface area (Å²) in [6, 6.07) is 7.71. The van der Waals surface area contributed by atoms with Crippen LogP contribution in [0.2, 0.25) is 0 Å². The van der Waals surface area contributed by atoms with Crippen LogP contribution in [-0.4, -0.2) is 23.3 Å². The number of hydrogen-bond acceptors (Lipinski definition) is 3. The molecule has 1 aromatic carbocycles. The molecule has 1 aliphatic heterocycles. The molecule has 0 aliphatic carbocycles. The number of thioether (sulfide) groups is 2. The minimum Gasteiger partial charge on any atom is -0.381 e. The summed E-state index contributed by atoms with van der Waals surface area (Å²) in [5.74, 6) is -0.0853. The van der Waals surface area contributed by atoms with Gasteiger partial charge < -0.3 is 5.32 Å². The molecule has 2 rings (SSSR count). The van der Waals surface area contributed by atoms with Crippen LogP contribution in [0.3, 0.4) is 0 Å². The van der Waals surface area contributed by atoms with Crippen molar-refractivity contribution in [2.24, 2.45) is 0 Å². The molecule has 94 valence electrons. The van der Waals surface area contributed by atoms with Gasteiger partial charge in [-0.3, -0.25) is 0 Å². The maximum Gasteiger partial charge on any atom is 0.288 e. The molecule has 1 fully saturated rings. The van der Waals surface area contributed by atoms with Crippen molar-refractivity contribution in [1.29, 1.82) is 0 Å². The van der Waals surface area contributed by atoms with E-state index in [2.05, 4.69) is 5.32 Å². The second-order valence-electron chi connectivity index (χ2n) is 3.93. The zero-order chi connectivity index (χ0) is 12.1. The molecule has 5 heteroatoms. The minimum atomic E-state index is -2.36. The molecule has 1 aromatic rings. The maximum atomic E-state index is 12.4. The van der Waals surface area contributed by atoms with Crippen molar-refractivity contribution in [3.05, 3.63) is 24.3 Å². The Bertz CT molecular complexity index is 354. The highest BCUT2D eigenvalue weighted by atomic mass is 32.2. The van der Waals surface area contributed by atoms with E-state index in [9.17, 15) is 8.78 Å². The van der Waals surface area contributed by atoms with Gasteiger partial charge in [-0.1, -0.05) is 23.9 Å². The number of halogens is 2. The molecule has 1 saturated heterocycles. The second-order valence-corrected chi connectivity index (χ2v) is 6.11. The van der Waals surface area contributed by atoms with Crippen molar-refractivity contribution in [2.75, 3.05) is 16.8 Å². The van der Waals surface area contributed by atoms with Gasteiger partial charge in [0.15, 0.2) is 0 Å². The summed E-state index contributed by atoms with van der Waals surface area (Å²) < 4.78 is 24.8. The molecule has 1 nitrogen and oxygen atoms in total. The summed E-state index contributed by atoms with van der Waals surface area (Å²) >= 11 is 2.54. The standard InChI is InChI=1S/C12H15F2NS2/c13-12(14)17-11-6-2-1-5-10(11)15-9-4-3-7-16-8-9/h1-2,5-6,9,12,15H,3-4,7-8H2. The lowest BCUT2D eigenvalue weighted by molar-refractivity contribution is 0.252. The predicted octanol–water partition coefficient (Wildman–Crippen LogP) is 4.31. The zero-order valence-corrected chi connectivity index (χ0v) is 11.0. The lowest BCUT2D eigenvalue weighted by Crippen LogP contribution is -2.25. The number of hydrogen-bond donors (Lipinski definition) is 1. The van der Waals surface area contributed by atoms with E-state index in [1.54, 1.807) is 12.1 Å². The second kappa shape index (κ2) is 6.50. The summed E-state index contributed by atoms with van der Waals surface area (Å²) in [6.07, 6.45) is 2.33. The first-order chi connectivity index (χ1) is 8.25. The van der Waals surface area contributed by atoms with Gasteiger partial charge in [0.25, 0.3) is 5.76 Å². The Balaban J connectivity index is 2.03. The summed E-state index contributed by atoms with van der Waals surface area (Å²) in [7, 11) is 0. The molecule has 0 spiro atoms. The topological polar surface area (TPSA) is 12.0 Å². The van der Waals surface area contributed by atoms with E-state index in [0.29, 0.717) is 22.7 Å². The van der Waals surface area contributed by atoms with Crippen LogP contribution in [0.25, 0.3) is 0 Å². The summed E-state index contributed by atoms with van der Waals surface area (Å²) in [5, 5.41) is 3.38. The van der Waals surface area contributed by atoms with Gasteiger partial charge in [0.2, 0.25) is 0 Å². The fraction of sp³-hybridized carbons (Fsp3) is 0.500. The SMILES string of the molecule is FC(F)Sc1ccccc1NC1CCCSC1. The lowest BCUT2D eigenvalue weighted by atomic mass is 10.1. The lowest BCUT2D eigenvalue weighted by Gasteiger charge is -2.24. The van der Waals surface area contributed by atoms with Crippen molar-refractivity contribution < 1.29 is 8.78 Å². The molecule has 17 heavy (non-hydrogen) atoms. The molecule has 0 radical (unpaired) electrons. The van der Waals surface area contributed by atoms with Gasteiger partial charge in [0.05, 0.1) is 0 Å². The van der Waals surface area contributed by atoms with E-state index < -0.39 is 5.76 Å². The summed E-state index contributed by atoms with van der Waals surface area (Å²) in [5.41, 5.74) is 0.838. The third-order valence-corrected chi connectivity index (χ3v) is 4.63. The molecular weight excluding hydrogens is 260 g/mol. The van der Waals surface area contributed by atoms with E-state index in [4.69, 9.17) is 0 Å². The monoisotopic (exact) mass is 275 g/mol. The average Bonchev–Trinajstić information content (AvgIpc) is 2.32. The van der Waals surface area contributed by atoms with E-state index >= 15 is 0 Å². The molecule has 1 aliphatic rings. The minimum absolute atomic E-state index is 0.410. The smallest absolute Gasteiger partial charge is 0.288 e. The van der Waals surface area contributed by atoms with Crippen molar-refractivity contribution in [2.45, 2.75) is 29.5 Å². The zero-order valence-electron chi connectivity index (χ0n) is 9.36. The Hall–Kier alpha value is -0.420. The van der Waals surface area contributed by atoms with Crippen molar-refractivity contribution in [1.82, 2.24) is 0 Å². The van der Waals surface area contributed by atoms with Gasteiger partial charge >= 0.3 is 0 Å². The first-order valence-electron chi connectivity index (χ1n) is 5.64. The third kappa shape index (κ3) is 4.07. The van der Waals surface area contributed by atoms with Crippen LogP contribution in [0, 0.1) is 0 Å². The Labute approximate surface area is 109 Å². The number of rotatable bonds is 4. The Kier molecular flexibility index (Phi) is 4.98. The molecule has 1 atom stereocenters. The van der Waals surface area contributed by atoms with Crippen LogP contribution in [0.15, 0.2) is 29.2 Å². The number of anilines is 1. The van der Waals surface area contributed by atoms with E-state index in [1.165, 1.54) is 12.2 Å². The summed E-state index contributed by atoms with van der Waals surface area (Å²) in [4.78, 5) is 0.637. The van der Waals surface area contributed by atoms with Gasteiger partial charge in [-0.2, -0.15) is 20.5 Å². The molecule has 1 heterocycles. The Morgan fingerprint density at radius 3 is 2.88 bits per heavy atom. The quantitative estimate of drug-likeness (QED) is 0.822. The molecular formula is C12H15F2NS2. The third-order valence-electron chi connectivity index (χ3n) is 2.62. The molecule has 1 unspecified atom stereocenters. The highest BCUT2D eigenvalue weighted by Crippen LogP contribution is 2.33. The molecule has 0 aromatic heterocycles. The number of para-hydroxylation sites is 1. The van der Waals surface area contributed by atoms with E-state index in [-0.39, 0.29) is 0 Å². The van der Waals surface area contributed by atoms with Crippen LogP contribution in [0.4, 0.5) is 14.5 Å². The number of nitrogens with one attached hydrogen (secondary N) is 1. The first-order valence-corrected chi connectivity index (χ1v) is 7.67. The number of alkyl halides is 2. The van der Waals surface area contributed by atoms with Crippen molar-refractivity contribution in [3.63, 3.8) is 0 Å². The average molecular weight is 275 g/mol. The van der Waals surface area contributed by atoms with Gasteiger partial charge in [-0.15, -0.1) is 0 Å². The van der Waals surface area contributed by atoms with Crippen LogP contribution in [-0.2, 0) is 0 Å². The largest absolute Gasteiger partial charge is 0.381 e. The predicted molar refractivity (Wildman–Crippen MR) is 72.3 cm³/mol. The normalized spacial score (nSPS) is 20.5. The van der Waals surface area contributed by atoms with Crippen LogP contribution >= 0.6 is 23.5 Å². The number of benzene rings is 1. The van der Waals surface area contributed by atoms with Gasteiger partial charge in [-0.05, 0) is 30.7 Å². The fourth-order valence-electron chi connectivity index (χ4n) is 1.86. The van der Waals surface area contributed by atoms with Crippen LogP contribution < -0.4 is 5.32 Å². The Morgan fingerprint density at radius 1 is 1.35 bits per heavy atom. The van der Waals surface area contributed by atoms with E-state index in [0.717, 1.165) is 17.9 Å². The molecule has 0 amide bonds. The maximum absolute atomic E-state index is 12.4. The van der Waals surface area contributed by atoms with Gasteiger partial charge in [-0.25, -0.2) is 0 Å². The van der Waals surface area contributed by atoms with Crippen molar-refractivity contribution in [3.8, 4) is 0 Å². The fourth-order valence-corrected chi connectivity index (χ4v) is 3.53. The first kappa shape index (κ1) is 13.0. The van der Waals surface area contributed by atoms with Crippen LogP contribution in [0.1, 0.15) is 12.8 Å².